The Hall–Kier alpha value is -1.93. The SMILES string of the molecule is O=C1CC(c2ccccc2Cl)=Nc2ccccc21. The number of benzene rings is 2. The number of rotatable bonds is 1. The van der Waals surface area contributed by atoms with Gasteiger partial charge in [-0.25, -0.2) is 0 Å². The number of ketones is 1. The van der Waals surface area contributed by atoms with E-state index in [1.807, 2.05) is 48.5 Å². The second-order valence-electron chi connectivity index (χ2n) is 4.16. The quantitative estimate of drug-likeness (QED) is 0.756. The summed E-state index contributed by atoms with van der Waals surface area (Å²) in [4.78, 5) is 16.6. The van der Waals surface area contributed by atoms with Crippen LogP contribution in [-0.2, 0) is 0 Å². The molecule has 18 heavy (non-hydrogen) atoms. The zero-order valence-electron chi connectivity index (χ0n) is 9.56. The molecule has 0 atom stereocenters. The highest BCUT2D eigenvalue weighted by Crippen LogP contribution is 2.29. The van der Waals surface area contributed by atoms with Crippen LogP contribution in [0.25, 0.3) is 0 Å². The van der Waals surface area contributed by atoms with Crippen molar-refractivity contribution >= 4 is 28.8 Å². The Morgan fingerprint density at radius 2 is 1.61 bits per heavy atom. The Balaban J connectivity index is 2.14. The standard InChI is InChI=1S/C15H10ClNO/c16-12-7-3-1-5-10(12)14-9-15(18)11-6-2-4-8-13(11)17-14/h1-8H,9H2. The van der Waals surface area contributed by atoms with Gasteiger partial charge in [0.25, 0.3) is 0 Å². The smallest absolute Gasteiger partial charge is 0.171 e. The van der Waals surface area contributed by atoms with Gasteiger partial charge in [0.2, 0.25) is 0 Å². The lowest BCUT2D eigenvalue weighted by molar-refractivity contribution is 0.1000. The summed E-state index contributed by atoms with van der Waals surface area (Å²) in [6, 6.07) is 14.9. The molecule has 0 unspecified atom stereocenters. The number of Topliss-reactive ketones (excluding diaryl/α,β-unsaturated/α-hetero) is 1. The highest BCUT2D eigenvalue weighted by atomic mass is 35.5. The Bertz CT molecular complexity index is 661. The second kappa shape index (κ2) is 4.39. The van der Waals surface area contributed by atoms with Crippen LogP contribution in [-0.4, -0.2) is 11.5 Å². The molecular weight excluding hydrogens is 246 g/mol. The van der Waals surface area contributed by atoms with Crippen molar-refractivity contribution in [3.63, 3.8) is 0 Å². The average molecular weight is 256 g/mol. The maximum atomic E-state index is 12.1. The van der Waals surface area contributed by atoms with Gasteiger partial charge < -0.3 is 0 Å². The number of fused-ring (bicyclic) bond motifs is 1. The normalized spacial score (nSPS) is 14.1. The number of halogens is 1. The van der Waals surface area contributed by atoms with Gasteiger partial charge in [0.05, 0.1) is 17.8 Å². The number of para-hydroxylation sites is 1. The fourth-order valence-electron chi connectivity index (χ4n) is 2.09. The molecule has 0 amide bonds. The monoisotopic (exact) mass is 255 g/mol. The molecule has 0 saturated heterocycles. The summed E-state index contributed by atoms with van der Waals surface area (Å²) in [5.41, 5.74) is 2.99. The topological polar surface area (TPSA) is 29.4 Å². The Morgan fingerprint density at radius 1 is 0.944 bits per heavy atom. The van der Waals surface area contributed by atoms with Crippen LogP contribution >= 0.6 is 11.6 Å². The van der Waals surface area contributed by atoms with E-state index in [1.54, 1.807) is 0 Å². The second-order valence-corrected chi connectivity index (χ2v) is 4.56. The molecule has 3 rings (SSSR count). The summed E-state index contributed by atoms with van der Waals surface area (Å²) < 4.78 is 0. The molecule has 0 aromatic heterocycles. The van der Waals surface area contributed by atoms with Crippen molar-refractivity contribution in [3.05, 3.63) is 64.7 Å². The fraction of sp³-hybridized carbons (Fsp3) is 0.0667. The van der Waals surface area contributed by atoms with Crippen LogP contribution in [0.2, 0.25) is 5.02 Å². The van der Waals surface area contributed by atoms with Crippen LogP contribution in [0.1, 0.15) is 22.3 Å². The van der Waals surface area contributed by atoms with Crippen molar-refractivity contribution in [1.82, 2.24) is 0 Å². The Kier molecular flexibility index (Phi) is 2.73. The summed E-state index contributed by atoms with van der Waals surface area (Å²) >= 11 is 6.14. The molecule has 0 saturated carbocycles. The molecule has 0 radical (unpaired) electrons. The first kappa shape index (κ1) is 11.2. The van der Waals surface area contributed by atoms with E-state index in [4.69, 9.17) is 11.6 Å². The largest absolute Gasteiger partial charge is 0.294 e. The summed E-state index contributed by atoms with van der Waals surface area (Å²) in [5, 5.41) is 0.628. The Labute approximate surface area is 110 Å². The molecule has 1 aliphatic rings. The number of nitrogens with zero attached hydrogens (tertiary/aromatic N) is 1. The van der Waals surface area contributed by atoms with Crippen LogP contribution in [0.15, 0.2) is 53.5 Å². The molecule has 0 fully saturated rings. The van der Waals surface area contributed by atoms with Gasteiger partial charge in [-0.05, 0) is 18.2 Å². The van der Waals surface area contributed by atoms with Crippen molar-refractivity contribution in [2.24, 2.45) is 4.99 Å². The number of aliphatic imine (C=N–C) groups is 1. The van der Waals surface area contributed by atoms with E-state index in [0.717, 1.165) is 17.0 Å². The van der Waals surface area contributed by atoms with Crippen molar-refractivity contribution in [2.75, 3.05) is 0 Å². The molecule has 88 valence electrons. The average Bonchev–Trinajstić information content (AvgIpc) is 2.39. The molecule has 2 aromatic carbocycles. The van der Waals surface area contributed by atoms with E-state index in [2.05, 4.69) is 4.99 Å². The summed E-state index contributed by atoms with van der Waals surface area (Å²) in [6.07, 6.45) is 0.306. The number of carbonyl (C=O) groups is 1. The molecule has 0 aliphatic carbocycles. The van der Waals surface area contributed by atoms with Crippen molar-refractivity contribution in [1.29, 1.82) is 0 Å². The van der Waals surface area contributed by atoms with E-state index in [-0.39, 0.29) is 5.78 Å². The number of carbonyl (C=O) groups excluding carboxylic acids is 1. The minimum absolute atomic E-state index is 0.0931. The van der Waals surface area contributed by atoms with Crippen molar-refractivity contribution in [3.8, 4) is 0 Å². The van der Waals surface area contributed by atoms with Crippen molar-refractivity contribution in [2.45, 2.75) is 6.42 Å². The van der Waals surface area contributed by atoms with Gasteiger partial charge in [-0.3, -0.25) is 9.79 Å². The van der Waals surface area contributed by atoms with Crippen molar-refractivity contribution < 1.29 is 4.79 Å². The molecule has 0 bridgehead atoms. The molecule has 2 nitrogen and oxygen atoms in total. The maximum absolute atomic E-state index is 12.1. The van der Waals surface area contributed by atoms with Gasteiger partial charge >= 0.3 is 0 Å². The zero-order valence-corrected chi connectivity index (χ0v) is 10.3. The van der Waals surface area contributed by atoms with Gasteiger partial charge in [0.1, 0.15) is 0 Å². The highest BCUT2D eigenvalue weighted by molar-refractivity contribution is 6.35. The fourth-order valence-corrected chi connectivity index (χ4v) is 2.33. The third-order valence-electron chi connectivity index (χ3n) is 2.97. The van der Waals surface area contributed by atoms with Crippen LogP contribution in [0.3, 0.4) is 0 Å². The van der Waals surface area contributed by atoms with Gasteiger partial charge in [0, 0.05) is 16.1 Å². The molecule has 1 heterocycles. The molecule has 0 N–H and O–H groups in total. The minimum Gasteiger partial charge on any atom is -0.294 e. The Morgan fingerprint density at radius 3 is 2.39 bits per heavy atom. The summed E-state index contributed by atoms with van der Waals surface area (Å²) in [7, 11) is 0. The lowest BCUT2D eigenvalue weighted by Gasteiger charge is -2.15. The highest BCUT2D eigenvalue weighted by Gasteiger charge is 2.21. The predicted octanol–water partition coefficient (Wildman–Crippen LogP) is 4.05. The molecule has 1 aliphatic heterocycles. The third kappa shape index (κ3) is 1.85. The minimum atomic E-state index is 0.0931. The zero-order chi connectivity index (χ0) is 12.5. The van der Waals surface area contributed by atoms with Gasteiger partial charge in [0.15, 0.2) is 5.78 Å². The first-order valence-corrected chi connectivity index (χ1v) is 6.08. The molecule has 2 aromatic rings. The van der Waals surface area contributed by atoms with E-state index >= 15 is 0 Å². The summed E-state index contributed by atoms with van der Waals surface area (Å²) in [5.74, 6) is 0.0931. The third-order valence-corrected chi connectivity index (χ3v) is 3.30. The van der Waals surface area contributed by atoms with E-state index in [0.29, 0.717) is 17.0 Å². The van der Waals surface area contributed by atoms with Crippen LogP contribution in [0.5, 0.6) is 0 Å². The van der Waals surface area contributed by atoms with E-state index < -0.39 is 0 Å². The molecule has 3 heteroatoms. The predicted molar refractivity (Wildman–Crippen MR) is 73.0 cm³/mol. The number of hydrogen-bond donors (Lipinski definition) is 0. The summed E-state index contributed by atoms with van der Waals surface area (Å²) in [6.45, 7) is 0. The van der Waals surface area contributed by atoms with E-state index in [9.17, 15) is 4.79 Å². The first-order valence-electron chi connectivity index (χ1n) is 5.70. The lowest BCUT2D eigenvalue weighted by Crippen LogP contribution is -2.14. The van der Waals surface area contributed by atoms with E-state index in [1.165, 1.54) is 0 Å². The molecular formula is C15H10ClNO. The lowest BCUT2D eigenvalue weighted by atomic mass is 9.96. The van der Waals surface area contributed by atoms with Crippen LogP contribution in [0.4, 0.5) is 5.69 Å². The van der Waals surface area contributed by atoms with Crippen LogP contribution in [0, 0.1) is 0 Å². The van der Waals surface area contributed by atoms with Gasteiger partial charge in [-0.2, -0.15) is 0 Å². The first-order chi connectivity index (χ1) is 8.75. The number of hydrogen-bond acceptors (Lipinski definition) is 2. The maximum Gasteiger partial charge on any atom is 0.171 e. The van der Waals surface area contributed by atoms with Gasteiger partial charge in [-0.15, -0.1) is 0 Å². The molecule has 0 spiro atoms. The van der Waals surface area contributed by atoms with Gasteiger partial charge in [-0.1, -0.05) is 41.9 Å². The van der Waals surface area contributed by atoms with Crippen LogP contribution < -0.4 is 0 Å².